The van der Waals surface area contributed by atoms with Crippen LogP contribution in [-0.4, -0.2) is 6.04 Å². The normalized spacial score (nSPS) is 28.1. The van der Waals surface area contributed by atoms with Crippen molar-refractivity contribution in [3.63, 3.8) is 0 Å². The van der Waals surface area contributed by atoms with Crippen LogP contribution in [0.3, 0.4) is 0 Å². The number of nitrogens with one attached hydrogen (secondary N) is 1. The molecule has 1 aromatic carbocycles. The molecule has 1 aliphatic rings. The Morgan fingerprint density at radius 3 is 2.61 bits per heavy atom. The molecule has 1 aliphatic carbocycles. The molecule has 0 spiro atoms. The Hall–Kier alpha value is -1.25. The highest BCUT2D eigenvalue weighted by molar-refractivity contribution is 5.67. The Morgan fingerprint density at radius 1 is 1.22 bits per heavy atom. The Balaban J connectivity index is 2.08. The van der Waals surface area contributed by atoms with Crippen LogP contribution in [0.25, 0.3) is 0 Å². The molecular formula is C15H23FN2. The van der Waals surface area contributed by atoms with Gasteiger partial charge in [0.1, 0.15) is 5.82 Å². The fraction of sp³-hybridized carbons (Fsp3) is 0.600. The third kappa shape index (κ3) is 2.77. The summed E-state index contributed by atoms with van der Waals surface area (Å²) in [7, 11) is 0. The molecule has 0 bridgehead atoms. The number of hydrogen-bond acceptors (Lipinski definition) is 2. The van der Waals surface area contributed by atoms with Gasteiger partial charge in [-0.25, -0.2) is 4.39 Å². The maximum absolute atomic E-state index is 13.3. The van der Waals surface area contributed by atoms with Crippen LogP contribution < -0.4 is 11.1 Å². The van der Waals surface area contributed by atoms with Gasteiger partial charge in [-0.2, -0.15) is 0 Å². The average molecular weight is 250 g/mol. The van der Waals surface area contributed by atoms with Crippen molar-refractivity contribution in [2.45, 2.75) is 46.1 Å². The maximum Gasteiger partial charge on any atom is 0.128 e. The van der Waals surface area contributed by atoms with Gasteiger partial charge in [0.05, 0.1) is 11.4 Å². The summed E-state index contributed by atoms with van der Waals surface area (Å²) in [5.41, 5.74) is 7.89. The van der Waals surface area contributed by atoms with Gasteiger partial charge in [-0.3, -0.25) is 0 Å². The molecule has 2 nitrogen and oxygen atoms in total. The summed E-state index contributed by atoms with van der Waals surface area (Å²) in [6.45, 7) is 6.39. The predicted octanol–water partition coefficient (Wildman–Crippen LogP) is 3.95. The lowest BCUT2D eigenvalue weighted by atomic mass is 9.79. The first-order valence-corrected chi connectivity index (χ1v) is 6.79. The lowest BCUT2D eigenvalue weighted by molar-refractivity contribution is 0.261. The van der Waals surface area contributed by atoms with Crippen LogP contribution in [0.4, 0.5) is 15.8 Å². The quantitative estimate of drug-likeness (QED) is 0.780. The van der Waals surface area contributed by atoms with Gasteiger partial charge in [0.2, 0.25) is 0 Å². The van der Waals surface area contributed by atoms with E-state index in [1.165, 1.54) is 18.9 Å². The summed E-state index contributed by atoms with van der Waals surface area (Å²) in [6, 6.07) is 3.68. The molecule has 100 valence electrons. The second-order valence-corrected chi connectivity index (χ2v) is 5.80. The first-order valence-electron chi connectivity index (χ1n) is 6.79. The SMILES string of the molecule is Cc1cc(NC2CCC(C)C(C)C2)c(N)cc1F. The molecule has 18 heavy (non-hydrogen) atoms. The molecule has 3 atom stereocenters. The van der Waals surface area contributed by atoms with E-state index < -0.39 is 0 Å². The molecule has 0 amide bonds. The number of anilines is 2. The van der Waals surface area contributed by atoms with E-state index in [1.807, 2.05) is 6.07 Å². The van der Waals surface area contributed by atoms with Crippen molar-refractivity contribution in [1.29, 1.82) is 0 Å². The Morgan fingerprint density at radius 2 is 1.94 bits per heavy atom. The minimum absolute atomic E-state index is 0.233. The molecule has 0 saturated heterocycles. The Labute approximate surface area is 109 Å². The standard InChI is InChI=1S/C15H23FN2/c1-9-4-5-12(6-10(9)2)18-15-7-11(3)13(16)8-14(15)17/h7-10,12,18H,4-6,17H2,1-3H3. The monoisotopic (exact) mass is 250 g/mol. The summed E-state index contributed by atoms with van der Waals surface area (Å²) in [6.07, 6.45) is 3.58. The van der Waals surface area contributed by atoms with Gasteiger partial charge >= 0.3 is 0 Å². The lowest BCUT2D eigenvalue weighted by Gasteiger charge is -2.33. The number of benzene rings is 1. The fourth-order valence-electron chi connectivity index (χ4n) is 2.72. The van der Waals surface area contributed by atoms with Crippen LogP contribution in [0.1, 0.15) is 38.7 Å². The smallest absolute Gasteiger partial charge is 0.128 e. The van der Waals surface area contributed by atoms with Crippen LogP contribution in [0, 0.1) is 24.6 Å². The second kappa shape index (κ2) is 5.17. The molecule has 3 unspecified atom stereocenters. The lowest BCUT2D eigenvalue weighted by Crippen LogP contribution is -2.30. The van der Waals surface area contributed by atoms with E-state index in [-0.39, 0.29) is 5.82 Å². The molecule has 2 rings (SSSR count). The minimum atomic E-state index is -0.233. The number of nitrogens with two attached hydrogens (primary N) is 1. The summed E-state index contributed by atoms with van der Waals surface area (Å²) >= 11 is 0. The molecule has 1 aromatic rings. The van der Waals surface area contributed by atoms with Crippen LogP contribution in [0.2, 0.25) is 0 Å². The zero-order valence-corrected chi connectivity index (χ0v) is 11.5. The maximum atomic E-state index is 13.3. The van der Waals surface area contributed by atoms with Crippen molar-refractivity contribution in [1.82, 2.24) is 0 Å². The molecule has 3 N–H and O–H groups in total. The van der Waals surface area contributed by atoms with Crippen LogP contribution in [0.15, 0.2) is 12.1 Å². The van der Waals surface area contributed by atoms with Gasteiger partial charge in [0.25, 0.3) is 0 Å². The predicted molar refractivity (Wildman–Crippen MR) is 75.1 cm³/mol. The van der Waals surface area contributed by atoms with Crippen molar-refractivity contribution in [3.05, 3.63) is 23.5 Å². The number of aryl methyl sites for hydroxylation is 1. The van der Waals surface area contributed by atoms with Crippen molar-refractivity contribution in [3.8, 4) is 0 Å². The summed E-state index contributed by atoms with van der Waals surface area (Å²) in [5.74, 6) is 1.30. The summed E-state index contributed by atoms with van der Waals surface area (Å²) in [4.78, 5) is 0. The van der Waals surface area contributed by atoms with E-state index in [1.54, 1.807) is 6.92 Å². The molecule has 0 aromatic heterocycles. The van der Waals surface area contributed by atoms with Crippen LogP contribution in [-0.2, 0) is 0 Å². The summed E-state index contributed by atoms with van der Waals surface area (Å²) < 4.78 is 13.3. The Bertz CT molecular complexity index is 431. The molecule has 0 aliphatic heterocycles. The van der Waals surface area contributed by atoms with E-state index in [2.05, 4.69) is 19.2 Å². The van der Waals surface area contributed by atoms with Gasteiger partial charge in [-0.1, -0.05) is 13.8 Å². The zero-order chi connectivity index (χ0) is 13.3. The van der Waals surface area contributed by atoms with E-state index in [0.29, 0.717) is 17.3 Å². The highest BCUT2D eigenvalue weighted by atomic mass is 19.1. The highest BCUT2D eigenvalue weighted by Crippen LogP contribution is 2.32. The average Bonchev–Trinajstić information content (AvgIpc) is 2.31. The van der Waals surface area contributed by atoms with Gasteiger partial charge in [-0.05, 0) is 55.7 Å². The van der Waals surface area contributed by atoms with Gasteiger partial charge < -0.3 is 11.1 Å². The van der Waals surface area contributed by atoms with Gasteiger partial charge in [0, 0.05) is 6.04 Å². The van der Waals surface area contributed by atoms with Crippen LogP contribution >= 0.6 is 0 Å². The van der Waals surface area contributed by atoms with Crippen molar-refractivity contribution in [2.24, 2.45) is 11.8 Å². The van der Waals surface area contributed by atoms with Crippen molar-refractivity contribution in [2.75, 3.05) is 11.1 Å². The van der Waals surface area contributed by atoms with Crippen LogP contribution in [0.5, 0.6) is 0 Å². The molecule has 0 radical (unpaired) electrons. The molecule has 1 fully saturated rings. The third-order valence-corrected chi connectivity index (χ3v) is 4.29. The molecular weight excluding hydrogens is 227 g/mol. The topological polar surface area (TPSA) is 38.0 Å². The molecule has 1 saturated carbocycles. The summed E-state index contributed by atoms with van der Waals surface area (Å²) in [5, 5.41) is 3.48. The van der Waals surface area contributed by atoms with E-state index in [4.69, 9.17) is 5.73 Å². The number of halogens is 1. The number of rotatable bonds is 2. The third-order valence-electron chi connectivity index (χ3n) is 4.29. The fourth-order valence-corrected chi connectivity index (χ4v) is 2.72. The van der Waals surface area contributed by atoms with Crippen molar-refractivity contribution >= 4 is 11.4 Å². The molecule has 3 heteroatoms. The largest absolute Gasteiger partial charge is 0.397 e. The minimum Gasteiger partial charge on any atom is -0.397 e. The zero-order valence-electron chi connectivity index (χ0n) is 11.5. The van der Waals surface area contributed by atoms with E-state index in [9.17, 15) is 4.39 Å². The van der Waals surface area contributed by atoms with Gasteiger partial charge in [0.15, 0.2) is 0 Å². The second-order valence-electron chi connectivity index (χ2n) is 5.80. The van der Waals surface area contributed by atoms with E-state index >= 15 is 0 Å². The first-order chi connectivity index (χ1) is 8.47. The highest BCUT2D eigenvalue weighted by Gasteiger charge is 2.24. The number of nitrogen functional groups attached to an aromatic ring is 1. The van der Waals surface area contributed by atoms with Gasteiger partial charge in [-0.15, -0.1) is 0 Å². The first kappa shape index (κ1) is 13.2. The van der Waals surface area contributed by atoms with E-state index in [0.717, 1.165) is 23.9 Å². The molecule has 0 heterocycles. The van der Waals surface area contributed by atoms with Crippen molar-refractivity contribution < 1.29 is 4.39 Å². The number of hydrogen-bond donors (Lipinski definition) is 2. The Kier molecular flexibility index (Phi) is 3.79.